The Morgan fingerprint density at radius 2 is 2.20 bits per heavy atom. The molecule has 2 aromatic rings. The van der Waals surface area contributed by atoms with Gasteiger partial charge in [0.15, 0.2) is 16.8 Å². The Kier molecular flexibility index (Phi) is 4.55. The summed E-state index contributed by atoms with van der Waals surface area (Å²) in [6.45, 7) is 0. The molecule has 1 aliphatic rings. The zero-order chi connectivity index (χ0) is 18.1. The third-order valence-electron chi connectivity index (χ3n) is 3.90. The number of carbonyl (C=O) groups excluding carboxylic acids is 1. The Hall–Kier alpha value is -2.73. The summed E-state index contributed by atoms with van der Waals surface area (Å²) in [5.74, 6) is -3.65. The number of carbonyl (C=O) groups is 1. The SMILES string of the molecule is N#Cc1c(O)nc(SCc2cccc(F)c2F)nc1C1CC1C(N)=O. The molecule has 0 radical (unpaired) electrons. The number of rotatable bonds is 5. The molecule has 1 aromatic carbocycles. The summed E-state index contributed by atoms with van der Waals surface area (Å²) in [6.07, 6.45) is 0.448. The maximum atomic E-state index is 13.7. The minimum absolute atomic E-state index is 0.0400. The van der Waals surface area contributed by atoms with Crippen LogP contribution in [-0.2, 0) is 10.5 Å². The van der Waals surface area contributed by atoms with Crippen LogP contribution < -0.4 is 5.73 Å². The predicted octanol–water partition coefficient (Wildman–Crippen LogP) is 2.21. The summed E-state index contributed by atoms with van der Waals surface area (Å²) < 4.78 is 26.9. The number of nitrogens with zero attached hydrogens (tertiary/aromatic N) is 3. The lowest BCUT2D eigenvalue weighted by atomic mass is 10.1. The fourth-order valence-electron chi connectivity index (χ4n) is 2.50. The number of nitriles is 1. The van der Waals surface area contributed by atoms with Gasteiger partial charge in [-0.15, -0.1) is 0 Å². The Morgan fingerprint density at radius 3 is 2.84 bits per heavy atom. The zero-order valence-electron chi connectivity index (χ0n) is 12.7. The smallest absolute Gasteiger partial charge is 0.233 e. The molecule has 0 saturated heterocycles. The van der Waals surface area contributed by atoms with Crippen LogP contribution in [0.1, 0.15) is 29.2 Å². The number of aromatic nitrogens is 2. The van der Waals surface area contributed by atoms with E-state index in [4.69, 9.17) is 11.0 Å². The topological polar surface area (TPSA) is 113 Å². The molecular weight excluding hydrogens is 350 g/mol. The second-order valence-corrected chi connectivity index (χ2v) is 6.50. The predicted molar refractivity (Wildman–Crippen MR) is 84.4 cm³/mol. The number of amides is 1. The van der Waals surface area contributed by atoms with Crippen LogP contribution in [0.5, 0.6) is 5.88 Å². The summed E-state index contributed by atoms with van der Waals surface area (Å²) >= 11 is 0.984. The highest BCUT2D eigenvalue weighted by Gasteiger charge is 2.46. The molecule has 1 saturated carbocycles. The number of nitrogens with two attached hydrogens (primary N) is 1. The Morgan fingerprint density at radius 1 is 1.44 bits per heavy atom. The molecule has 1 aromatic heterocycles. The van der Waals surface area contributed by atoms with Gasteiger partial charge in [0.1, 0.15) is 11.6 Å². The van der Waals surface area contributed by atoms with Crippen molar-refractivity contribution in [2.24, 2.45) is 11.7 Å². The van der Waals surface area contributed by atoms with E-state index >= 15 is 0 Å². The van der Waals surface area contributed by atoms with Crippen LogP contribution in [0.25, 0.3) is 0 Å². The lowest BCUT2D eigenvalue weighted by molar-refractivity contribution is -0.119. The largest absolute Gasteiger partial charge is 0.492 e. The fraction of sp³-hybridized carbons (Fsp3) is 0.250. The van der Waals surface area contributed by atoms with E-state index in [1.54, 1.807) is 0 Å². The number of thioether (sulfide) groups is 1. The second-order valence-electron chi connectivity index (χ2n) is 5.55. The highest BCUT2D eigenvalue weighted by molar-refractivity contribution is 7.98. The van der Waals surface area contributed by atoms with Gasteiger partial charge in [0.25, 0.3) is 0 Å². The monoisotopic (exact) mass is 362 g/mol. The van der Waals surface area contributed by atoms with Gasteiger partial charge in [-0.05, 0) is 12.5 Å². The van der Waals surface area contributed by atoms with Gasteiger partial charge in [0.2, 0.25) is 11.8 Å². The molecule has 1 heterocycles. The highest BCUT2D eigenvalue weighted by atomic mass is 32.2. The maximum Gasteiger partial charge on any atom is 0.233 e. The van der Waals surface area contributed by atoms with Crippen molar-refractivity contribution in [3.05, 3.63) is 46.7 Å². The van der Waals surface area contributed by atoms with E-state index < -0.39 is 29.3 Å². The molecule has 0 bridgehead atoms. The summed E-state index contributed by atoms with van der Waals surface area (Å²) in [4.78, 5) is 19.3. The van der Waals surface area contributed by atoms with Gasteiger partial charge in [0.05, 0.1) is 5.69 Å². The number of benzene rings is 1. The van der Waals surface area contributed by atoms with E-state index in [1.165, 1.54) is 12.1 Å². The van der Waals surface area contributed by atoms with Gasteiger partial charge in [-0.3, -0.25) is 4.79 Å². The normalized spacial score (nSPS) is 18.6. The van der Waals surface area contributed by atoms with Crippen molar-refractivity contribution < 1.29 is 18.7 Å². The van der Waals surface area contributed by atoms with Crippen LogP contribution in [0.15, 0.2) is 23.4 Å². The standard InChI is InChI=1S/C16H12F2N4O2S/c17-11-3-1-2-7(12(11)18)6-25-16-21-13(8-4-9(8)14(20)23)10(5-19)15(24)22-16/h1-3,8-9H,4,6H2,(H2,20,23)(H,21,22,24). The number of hydrogen-bond acceptors (Lipinski definition) is 6. The van der Waals surface area contributed by atoms with Crippen molar-refractivity contribution >= 4 is 17.7 Å². The minimum atomic E-state index is -0.955. The van der Waals surface area contributed by atoms with E-state index in [2.05, 4.69) is 9.97 Å². The number of primary amides is 1. The zero-order valence-corrected chi connectivity index (χ0v) is 13.6. The molecule has 0 aliphatic heterocycles. The lowest BCUT2D eigenvalue weighted by Gasteiger charge is -2.08. The first kappa shape index (κ1) is 17.1. The van der Waals surface area contributed by atoms with Gasteiger partial charge in [-0.2, -0.15) is 10.2 Å². The molecule has 2 atom stereocenters. The molecule has 25 heavy (non-hydrogen) atoms. The van der Waals surface area contributed by atoms with Crippen molar-refractivity contribution in [1.29, 1.82) is 5.26 Å². The van der Waals surface area contributed by atoms with Crippen LogP contribution in [0.4, 0.5) is 8.78 Å². The molecule has 0 spiro atoms. The van der Waals surface area contributed by atoms with Gasteiger partial charge in [-0.1, -0.05) is 23.9 Å². The highest BCUT2D eigenvalue weighted by Crippen LogP contribution is 2.48. The van der Waals surface area contributed by atoms with Crippen LogP contribution >= 0.6 is 11.8 Å². The summed E-state index contributed by atoms with van der Waals surface area (Å²) in [7, 11) is 0. The van der Waals surface area contributed by atoms with E-state index in [9.17, 15) is 18.7 Å². The van der Waals surface area contributed by atoms with Crippen molar-refractivity contribution in [1.82, 2.24) is 9.97 Å². The second kappa shape index (κ2) is 6.64. The van der Waals surface area contributed by atoms with Crippen molar-refractivity contribution in [2.45, 2.75) is 23.2 Å². The molecule has 1 amide bonds. The molecule has 6 nitrogen and oxygen atoms in total. The average Bonchev–Trinajstić information content (AvgIpc) is 3.36. The molecule has 3 N–H and O–H groups in total. The molecule has 2 unspecified atom stereocenters. The molecular formula is C16H12F2N4O2S. The van der Waals surface area contributed by atoms with Crippen molar-refractivity contribution in [2.75, 3.05) is 0 Å². The molecule has 128 valence electrons. The van der Waals surface area contributed by atoms with Gasteiger partial charge < -0.3 is 10.8 Å². The maximum absolute atomic E-state index is 13.7. The first-order valence-corrected chi connectivity index (χ1v) is 8.27. The fourth-order valence-corrected chi connectivity index (χ4v) is 3.32. The van der Waals surface area contributed by atoms with Gasteiger partial charge in [0, 0.05) is 23.2 Å². The number of halogens is 2. The van der Waals surface area contributed by atoms with Crippen LogP contribution in [0.2, 0.25) is 0 Å². The molecule has 3 rings (SSSR count). The van der Waals surface area contributed by atoms with Gasteiger partial charge >= 0.3 is 0 Å². The third kappa shape index (κ3) is 3.39. The number of hydrogen-bond donors (Lipinski definition) is 2. The Labute approximate surface area is 145 Å². The summed E-state index contributed by atoms with van der Waals surface area (Å²) in [6, 6.07) is 5.65. The Balaban J connectivity index is 1.85. The quantitative estimate of drug-likeness (QED) is 0.623. The lowest BCUT2D eigenvalue weighted by Crippen LogP contribution is -2.14. The summed E-state index contributed by atoms with van der Waals surface area (Å²) in [5, 5.41) is 19.2. The first-order chi connectivity index (χ1) is 11.9. The Bertz CT molecular complexity index is 900. The molecule has 9 heteroatoms. The minimum Gasteiger partial charge on any atom is -0.492 e. The van der Waals surface area contributed by atoms with Gasteiger partial charge in [-0.25, -0.2) is 13.8 Å². The summed E-state index contributed by atoms with van der Waals surface area (Å²) in [5.41, 5.74) is 5.52. The van der Waals surface area contributed by atoms with E-state index in [1.807, 2.05) is 6.07 Å². The van der Waals surface area contributed by atoms with Crippen LogP contribution in [0.3, 0.4) is 0 Å². The molecule has 1 fully saturated rings. The first-order valence-electron chi connectivity index (χ1n) is 7.28. The third-order valence-corrected chi connectivity index (χ3v) is 4.80. The average molecular weight is 362 g/mol. The van der Waals surface area contributed by atoms with Crippen molar-refractivity contribution in [3.63, 3.8) is 0 Å². The van der Waals surface area contributed by atoms with Crippen molar-refractivity contribution in [3.8, 4) is 11.9 Å². The van der Waals surface area contributed by atoms with Crippen LogP contribution in [-0.4, -0.2) is 21.0 Å². The van der Waals surface area contributed by atoms with E-state index in [-0.39, 0.29) is 33.6 Å². The van der Waals surface area contributed by atoms with Crippen LogP contribution in [0, 0.1) is 28.9 Å². The van der Waals surface area contributed by atoms with E-state index in [0.717, 1.165) is 17.8 Å². The number of aromatic hydroxyl groups is 1. The van der Waals surface area contributed by atoms with E-state index in [0.29, 0.717) is 6.42 Å². The molecule has 1 aliphatic carbocycles.